The molecule has 2 amide bonds. The van der Waals surface area contributed by atoms with E-state index in [0.29, 0.717) is 18.4 Å². The van der Waals surface area contributed by atoms with E-state index in [1.807, 2.05) is 73.3 Å². The lowest BCUT2D eigenvalue weighted by Gasteiger charge is -2.43. The molecule has 1 heterocycles. The Balaban J connectivity index is 1.77. The maximum Gasteiger partial charge on any atom is 0.258 e. The maximum atomic E-state index is 13.4. The Morgan fingerprint density at radius 3 is 2.31 bits per heavy atom. The van der Waals surface area contributed by atoms with E-state index < -0.39 is 0 Å². The second kappa shape index (κ2) is 9.35. The van der Waals surface area contributed by atoms with Crippen LogP contribution in [-0.2, 0) is 4.79 Å². The molecule has 1 aliphatic heterocycles. The molecule has 0 fully saturated rings. The highest BCUT2D eigenvalue weighted by molar-refractivity contribution is 6.07. The maximum absolute atomic E-state index is 13.4. The Morgan fingerprint density at radius 1 is 0.969 bits per heavy atom. The van der Waals surface area contributed by atoms with E-state index in [4.69, 9.17) is 0 Å². The second-order valence-corrected chi connectivity index (χ2v) is 8.19. The van der Waals surface area contributed by atoms with Crippen LogP contribution < -0.4 is 9.80 Å². The minimum absolute atomic E-state index is 0.0732. The van der Waals surface area contributed by atoms with Gasteiger partial charge in [-0.25, -0.2) is 4.39 Å². The summed E-state index contributed by atoms with van der Waals surface area (Å²) in [6.07, 6.45) is 1.83. The topological polar surface area (TPSA) is 40.6 Å². The van der Waals surface area contributed by atoms with Crippen molar-refractivity contribution in [3.63, 3.8) is 0 Å². The van der Waals surface area contributed by atoms with Gasteiger partial charge in [0.25, 0.3) is 5.91 Å². The van der Waals surface area contributed by atoms with Crippen LogP contribution in [0.1, 0.15) is 55.1 Å². The Bertz CT molecular complexity index is 1100. The molecule has 4 nitrogen and oxygen atoms in total. The largest absolute Gasteiger partial charge is 0.305 e. The lowest BCUT2D eigenvalue weighted by Crippen LogP contribution is -2.47. The third kappa shape index (κ3) is 4.15. The number of rotatable bonds is 5. The smallest absolute Gasteiger partial charge is 0.258 e. The number of hydrogen-bond acceptors (Lipinski definition) is 2. The van der Waals surface area contributed by atoms with Gasteiger partial charge in [-0.3, -0.25) is 9.59 Å². The molecule has 3 aromatic carbocycles. The standard InChI is InChI=1S/C27H27FN2O2/c1-3-9-26(31)30(22-10-5-4-6-11-22)25-18-19(2)29(24-13-8-7-12-23(24)25)27(32)20-14-16-21(28)17-15-20/h4-8,10-17,19,25H,3,9,18H2,1-2H3/t19-,25+/m0/s1. The fraction of sp³-hybridized carbons (Fsp3) is 0.259. The van der Waals surface area contributed by atoms with Crippen molar-refractivity contribution in [1.29, 1.82) is 0 Å². The molecular formula is C27H27FN2O2. The van der Waals surface area contributed by atoms with Crippen molar-refractivity contribution in [2.24, 2.45) is 0 Å². The summed E-state index contributed by atoms with van der Waals surface area (Å²) in [7, 11) is 0. The van der Waals surface area contributed by atoms with Crippen LogP contribution in [0.3, 0.4) is 0 Å². The van der Waals surface area contributed by atoms with Crippen molar-refractivity contribution in [2.45, 2.75) is 45.2 Å². The Labute approximate surface area is 188 Å². The summed E-state index contributed by atoms with van der Waals surface area (Å²) < 4.78 is 13.4. The third-order valence-electron chi connectivity index (χ3n) is 5.95. The molecule has 164 valence electrons. The van der Waals surface area contributed by atoms with Crippen molar-refractivity contribution in [2.75, 3.05) is 9.80 Å². The molecule has 0 saturated carbocycles. The van der Waals surface area contributed by atoms with Crippen molar-refractivity contribution >= 4 is 23.2 Å². The minimum atomic E-state index is -0.373. The number of carbonyl (C=O) groups is 2. The summed E-state index contributed by atoms with van der Waals surface area (Å²) in [5, 5.41) is 0. The van der Waals surface area contributed by atoms with Gasteiger partial charge in [-0.1, -0.05) is 43.3 Å². The summed E-state index contributed by atoms with van der Waals surface area (Å²) in [6, 6.07) is 22.8. The Hall–Kier alpha value is -3.47. The van der Waals surface area contributed by atoms with E-state index in [0.717, 1.165) is 23.4 Å². The molecule has 1 aliphatic rings. The van der Waals surface area contributed by atoms with Gasteiger partial charge in [0.15, 0.2) is 0 Å². The second-order valence-electron chi connectivity index (χ2n) is 8.19. The first kappa shape index (κ1) is 21.8. The molecule has 0 bridgehead atoms. The lowest BCUT2D eigenvalue weighted by molar-refractivity contribution is -0.119. The van der Waals surface area contributed by atoms with Gasteiger partial charge < -0.3 is 9.80 Å². The summed E-state index contributed by atoms with van der Waals surface area (Å²) in [5.74, 6) is -0.472. The highest BCUT2D eigenvalue weighted by Crippen LogP contribution is 2.43. The van der Waals surface area contributed by atoms with Crippen LogP contribution in [0, 0.1) is 5.82 Å². The molecule has 5 heteroatoms. The minimum Gasteiger partial charge on any atom is -0.305 e. The Morgan fingerprint density at radius 2 is 1.62 bits per heavy atom. The number of para-hydroxylation sites is 2. The highest BCUT2D eigenvalue weighted by Gasteiger charge is 2.38. The zero-order chi connectivity index (χ0) is 22.7. The highest BCUT2D eigenvalue weighted by atomic mass is 19.1. The van der Waals surface area contributed by atoms with E-state index in [1.165, 1.54) is 24.3 Å². The quantitative estimate of drug-likeness (QED) is 0.488. The average molecular weight is 431 g/mol. The molecule has 0 N–H and O–H groups in total. The van der Waals surface area contributed by atoms with Gasteiger partial charge in [0.05, 0.1) is 6.04 Å². The summed E-state index contributed by atoms with van der Waals surface area (Å²) in [5.41, 5.74) is 3.02. The van der Waals surface area contributed by atoms with Crippen molar-refractivity contribution < 1.29 is 14.0 Å². The third-order valence-corrected chi connectivity index (χ3v) is 5.95. The zero-order valence-electron chi connectivity index (χ0n) is 18.4. The molecule has 0 aliphatic carbocycles. The number of fused-ring (bicyclic) bond motifs is 1. The molecule has 0 aromatic heterocycles. The normalized spacial score (nSPS) is 17.5. The fourth-order valence-electron chi connectivity index (χ4n) is 4.49. The predicted octanol–water partition coefficient (Wildman–Crippen LogP) is 6.14. The molecule has 0 radical (unpaired) electrons. The van der Waals surface area contributed by atoms with Gasteiger partial charge in [0.2, 0.25) is 5.91 Å². The summed E-state index contributed by atoms with van der Waals surface area (Å²) in [6.45, 7) is 4.00. The van der Waals surface area contributed by atoms with Gasteiger partial charge >= 0.3 is 0 Å². The number of hydrogen-bond donors (Lipinski definition) is 0. The van der Waals surface area contributed by atoms with Crippen LogP contribution >= 0.6 is 0 Å². The number of halogens is 1. The number of anilines is 2. The van der Waals surface area contributed by atoms with E-state index >= 15 is 0 Å². The van der Waals surface area contributed by atoms with Crippen LogP contribution in [0.4, 0.5) is 15.8 Å². The predicted molar refractivity (Wildman–Crippen MR) is 125 cm³/mol. The van der Waals surface area contributed by atoms with Gasteiger partial charge in [-0.05, 0) is 67.8 Å². The monoisotopic (exact) mass is 430 g/mol. The SMILES string of the molecule is CCCC(=O)N(c1ccccc1)[C@@H]1C[C@H](C)N(C(=O)c2ccc(F)cc2)c2ccccc21. The van der Waals surface area contributed by atoms with E-state index in [2.05, 4.69) is 0 Å². The summed E-state index contributed by atoms with van der Waals surface area (Å²) in [4.78, 5) is 30.3. The van der Waals surface area contributed by atoms with Crippen LogP contribution in [0.5, 0.6) is 0 Å². The zero-order valence-corrected chi connectivity index (χ0v) is 18.4. The molecule has 0 saturated heterocycles. The van der Waals surface area contributed by atoms with Gasteiger partial charge in [0.1, 0.15) is 5.82 Å². The number of benzene rings is 3. The van der Waals surface area contributed by atoms with Crippen LogP contribution in [0.15, 0.2) is 78.9 Å². The van der Waals surface area contributed by atoms with Crippen LogP contribution in [0.2, 0.25) is 0 Å². The number of carbonyl (C=O) groups excluding carboxylic acids is 2. The Kier molecular flexibility index (Phi) is 6.35. The summed E-state index contributed by atoms with van der Waals surface area (Å²) >= 11 is 0. The molecule has 2 atom stereocenters. The van der Waals surface area contributed by atoms with Crippen LogP contribution in [-0.4, -0.2) is 17.9 Å². The molecule has 4 rings (SSSR count). The van der Waals surface area contributed by atoms with Crippen molar-refractivity contribution in [3.8, 4) is 0 Å². The van der Waals surface area contributed by atoms with E-state index in [1.54, 1.807) is 4.90 Å². The van der Waals surface area contributed by atoms with E-state index in [9.17, 15) is 14.0 Å². The van der Waals surface area contributed by atoms with Crippen molar-refractivity contribution in [3.05, 3.63) is 95.8 Å². The molecular weight excluding hydrogens is 403 g/mol. The average Bonchev–Trinajstić information content (AvgIpc) is 2.80. The number of nitrogens with zero attached hydrogens (tertiary/aromatic N) is 2. The van der Waals surface area contributed by atoms with E-state index in [-0.39, 0.29) is 29.7 Å². The molecule has 32 heavy (non-hydrogen) atoms. The van der Waals surface area contributed by atoms with Gasteiger partial charge in [0, 0.05) is 29.4 Å². The first-order valence-electron chi connectivity index (χ1n) is 11.1. The first-order chi connectivity index (χ1) is 15.5. The van der Waals surface area contributed by atoms with Gasteiger partial charge in [-0.15, -0.1) is 0 Å². The fourth-order valence-corrected chi connectivity index (χ4v) is 4.49. The molecule has 3 aromatic rings. The first-order valence-corrected chi connectivity index (χ1v) is 11.1. The van der Waals surface area contributed by atoms with Crippen LogP contribution in [0.25, 0.3) is 0 Å². The molecule has 0 unspecified atom stereocenters. The lowest BCUT2D eigenvalue weighted by atomic mass is 9.89. The molecule has 0 spiro atoms. The van der Waals surface area contributed by atoms with Gasteiger partial charge in [-0.2, -0.15) is 0 Å². The van der Waals surface area contributed by atoms with Crippen molar-refractivity contribution in [1.82, 2.24) is 0 Å². The number of amides is 2.